The number of carbonyl (C=O) groups excluding carboxylic acids is 1. The number of nitrogens with zero attached hydrogens (tertiary/aromatic N) is 1. The monoisotopic (exact) mass is 285 g/mol. The molecule has 1 amide bonds. The van der Waals surface area contributed by atoms with Crippen molar-refractivity contribution in [1.29, 1.82) is 0 Å². The number of likely N-dealkylation sites (tertiary alicyclic amines) is 1. The maximum Gasteiger partial charge on any atom is 0.410 e. The third-order valence-electron chi connectivity index (χ3n) is 2.64. The van der Waals surface area contributed by atoms with Crippen LogP contribution in [0.5, 0.6) is 0 Å². The van der Waals surface area contributed by atoms with Crippen LogP contribution in [0.2, 0.25) is 19.6 Å². The van der Waals surface area contributed by atoms with E-state index in [2.05, 4.69) is 19.6 Å². The summed E-state index contributed by atoms with van der Waals surface area (Å²) in [5, 5.41) is 0. The van der Waals surface area contributed by atoms with Crippen LogP contribution >= 0.6 is 0 Å². The summed E-state index contributed by atoms with van der Waals surface area (Å²) in [6, 6.07) is 0. The molecule has 0 aromatic rings. The van der Waals surface area contributed by atoms with Crippen LogP contribution in [0.15, 0.2) is 11.8 Å². The molecule has 0 bridgehead atoms. The van der Waals surface area contributed by atoms with E-state index in [1.165, 1.54) is 5.57 Å². The molecule has 1 heterocycles. The molecule has 0 saturated carbocycles. The van der Waals surface area contributed by atoms with E-state index in [1.807, 2.05) is 27.0 Å². The van der Waals surface area contributed by atoms with Crippen molar-refractivity contribution in [1.82, 2.24) is 4.90 Å². The van der Waals surface area contributed by atoms with Crippen LogP contribution in [0, 0.1) is 0 Å². The summed E-state index contributed by atoms with van der Waals surface area (Å²) in [5.41, 5.74) is 0.871. The zero-order chi connectivity index (χ0) is 14.7. The van der Waals surface area contributed by atoms with Crippen molar-refractivity contribution in [3.8, 4) is 0 Å². The Balaban J connectivity index is 2.43. The van der Waals surface area contributed by atoms with Gasteiger partial charge in [-0.1, -0.05) is 0 Å². The zero-order valence-electron chi connectivity index (χ0n) is 13.1. The van der Waals surface area contributed by atoms with E-state index in [1.54, 1.807) is 4.90 Å². The number of carbonyl (C=O) groups is 1. The average Bonchev–Trinajstić information content (AvgIpc) is 2.23. The maximum absolute atomic E-state index is 11.9. The zero-order valence-corrected chi connectivity index (χ0v) is 14.1. The van der Waals surface area contributed by atoms with Gasteiger partial charge in [0.2, 0.25) is 8.32 Å². The topological polar surface area (TPSA) is 38.8 Å². The molecule has 1 aliphatic rings. The van der Waals surface area contributed by atoms with Gasteiger partial charge in [-0.15, -0.1) is 0 Å². The summed E-state index contributed by atoms with van der Waals surface area (Å²) in [6.07, 6.45) is 3.46. The van der Waals surface area contributed by atoms with Crippen molar-refractivity contribution in [3.63, 3.8) is 0 Å². The predicted octanol–water partition coefficient (Wildman–Crippen LogP) is 3.75. The van der Waals surface area contributed by atoms with E-state index in [-0.39, 0.29) is 6.09 Å². The van der Waals surface area contributed by atoms with E-state index in [9.17, 15) is 4.79 Å². The smallest absolute Gasteiger partial charge is 0.410 e. The Kier molecular flexibility index (Phi) is 5.07. The molecule has 0 spiro atoms. The quantitative estimate of drug-likeness (QED) is 0.573. The van der Waals surface area contributed by atoms with E-state index in [0.717, 1.165) is 25.9 Å². The van der Waals surface area contributed by atoms with Gasteiger partial charge < -0.3 is 14.1 Å². The van der Waals surface area contributed by atoms with E-state index in [0.29, 0.717) is 0 Å². The minimum atomic E-state index is -1.49. The molecule has 1 saturated heterocycles. The van der Waals surface area contributed by atoms with Gasteiger partial charge in [-0.25, -0.2) is 4.79 Å². The van der Waals surface area contributed by atoms with Crippen molar-refractivity contribution in [2.24, 2.45) is 0 Å². The van der Waals surface area contributed by atoms with Gasteiger partial charge in [-0.3, -0.25) is 0 Å². The van der Waals surface area contributed by atoms with Crippen molar-refractivity contribution in [2.75, 3.05) is 13.1 Å². The summed E-state index contributed by atoms with van der Waals surface area (Å²) in [7, 11) is -1.49. The first-order valence-electron chi connectivity index (χ1n) is 6.90. The van der Waals surface area contributed by atoms with Gasteiger partial charge in [-0.2, -0.15) is 0 Å². The molecular formula is C14H27NO3Si. The van der Waals surface area contributed by atoms with Gasteiger partial charge in [0.15, 0.2) is 0 Å². The molecule has 19 heavy (non-hydrogen) atoms. The molecule has 0 N–H and O–H groups in total. The summed E-state index contributed by atoms with van der Waals surface area (Å²) < 4.78 is 11.2. The summed E-state index contributed by atoms with van der Waals surface area (Å²) in [5.74, 6) is 0. The molecule has 1 aliphatic heterocycles. The fourth-order valence-electron chi connectivity index (χ4n) is 1.68. The minimum Gasteiger partial charge on any atom is -0.550 e. The molecule has 4 nitrogen and oxygen atoms in total. The van der Waals surface area contributed by atoms with Crippen LogP contribution in [-0.2, 0) is 9.16 Å². The lowest BCUT2D eigenvalue weighted by atomic mass is 10.1. The first-order chi connectivity index (χ1) is 8.57. The second-order valence-corrected chi connectivity index (χ2v) is 11.4. The Labute approximate surface area is 117 Å². The largest absolute Gasteiger partial charge is 0.550 e. The third-order valence-corrected chi connectivity index (χ3v) is 3.46. The molecule has 1 rings (SSSR count). The highest BCUT2D eigenvalue weighted by Gasteiger charge is 2.25. The Bertz CT molecular complexity index is 343. The van der Waals surface area contributed by atoms with Crippen LogP contribution < -0.4 is 0 Å². The van der Waals surface area contributed by atoms with Crippen LogP contribution in [0.3, 0.4) is 0 Å². The van der Waals surface area contributed by atoms with Crippen LogP contribution in [0.4, 0.5) is 4.79 Å². The predicted molar refractivity (Wildman–Crippen MR) is 79.6 cm³/mol. The summed E-state index contributed by atoms with van der Waals surface area (Å²) in [4.78, 5) is 13.7. The van der Waals surface area contributed by atoms with Gasteiger partial charge in [-0.05, 0) is 58.8 Å². The molecule has 0 aliphatic carbocycles. The fourth-order valence-corrected chi connectivity index (χ4v) is 2.20. The normalized spacial score (nSPS) is 17.2. The molecule has 0 atom stereocenters. The molecule has 0 unspecified atom stereocenters. The van der Waals surface area contributed by atoms with Crippen molar-refractivity contribution < 1.29 is 14.0 Å². The molecule has 0 aromatic heterocycles. The van der Waals surface area contributed by atoms with E-state index >= 15 is 0 Å². The van der Waals surface area contributed by atoms with Crippen molar-refractivity contribution in [3.05, 3.63) is 11.8 Å². The van der Waals surface area contributed by atoms with E-state index in [4.69, 9.17) is 9.16 Å². The molecule has 5 heteroatoms. The number of rotatable bonds is 2. The van der Waals surface area contributed by atoms with Gasteiger partial charge >= 0.3 is 6.09 Å². The number of hydrogen-bond donors (Lipinski definition) is 0. The first-order valence-corrected chi connectivity index (χ1v) is 10.3. The Morgan fingerprint density at radius 3 is 2.16 bits per heavy atom. The lowest BCUT2D eigenvalue weighted by molar-refractivity contribution is 0.0235. The number of piperidine rings is 1. The maximum atomic E-state index is 11.9. The lowest BCUT2D eigenvalue weighted by Crippen LogP contribution is -2.40. The number of hydrogen-bond acceptors (Lipinski definition) is 3. The fraction of sp³-hybridized carbons (Fsp3) is 0.786. The second-order valence-electron chi connectivity index (χ2n) is 6.97. The number of amides is 1. The highest BCUT2D eigenvalue weighted by Crippen LogP contribution is 2.20. The van der Waals surface area contributed by atoms with Gasteiger partial charge in [0.05, 0.1) is 6.26 Å². The Morgan fingerprint density at radius 1 is 1.21 bits per heavy atom. The van der Waals surface area contributed by atoms with Gasteiger partial charge in [0.1, 0.15) is 5.60 Å². The van der Waals surface area contributed by atoms with Gasteiger partial charge in [0, 0.05) is 13.1 Å². The van der Waals surface area contributed by atoms with Crippen LogP contribution in [0.1, 0.15) is 33.6 Å². The third kappa shape index (κ3) is 6.66. The standard InChI is InChI=1S/C14H27NO3Si/c1-14(2,3)18-13(16)15-9-7-12(8-10-15)11-17-19(4,5)6/h11H,7-10H2,1-6H3. The van der Waals surface area contributed by atoms with Gasteiger partial charge in [0.25, 0.3) is 0 Å². The highest BCUT2D eigenvalue weighted by atomic mass is 28.4. The SMILES string of the molecule is CC(C)(C)OC(=O)N1CCC(=CO[Si](C)(C)C)CC1. The van der Waals surface area contributed by atoms with Crippen molar-refractivity contribution >= 4 is 14.4 Å². The highest BCUT2D eigenvalue weighted by molar-refractivity contribution is 6.69. The molecule has 1 fully saturated rings. The van der Waals surface area contributed by atoms with Crippen LogP contribution in [-0.4, -0.2) is 38.0 Å². The average molecular weight is 285 g/mol. The molecule has 0 radical (unpaired) electrons. The molecule has 0 aromatic carbocycles. The minimum absolute atomic E-state index is 0.210. The molecule has 110 valence electrons. The summed E-state index contributed by atoms with van der Waals surface area (Å²) in [6.45, 7) is 13.6. The Hall–Kier alpha value is -0.973. The van der Waals surface area contributed by atoms with Crippen LogP contribution in [0.25, 0.3) is 0 Å². The Morgan fingerprint density at radius 2 is 1.74 bits per heavy atom. The number of ether oxygens (including phenoxy) is 1. The van der Waals surface area contributed by atoms with E-state index < -0.39 is 13.9 Å². The molecular weight excluding hydrogens is 258 g/mol. The lowest BCUT2D eigenvalue weighted by Gasteiger charge is -2.31. The summed E-state index contributed by atoms with van der Waals surface area (Å²) >= 11 is 0. The van der Waals surface area contributed by atoms with Crippen molar-refractivity contribution in [2.45, 2.75) is 58.9 Å². The first kappa shape index (κ1) is 16.1. The second kappa shape index (κ2) is 5.99.